The fourth-order valence-electron chi connectivity index (χ4n) is 3.65. The van der Waals surface area contributed by atoms with E-state index < -0.39 is 0 Å². The third-order valence-electron chi connectivity index (χ3n) is 5.12. The van der Waals surface area contributed by atoms with E-state index in [1.54, 1.807) is 11.8 Å². The standard InChI is InChI=1S/C20H24N2OS2/c23-20(15-25-18-7-6-16-3-1-4-17(16)13-18)22-10-8-21(9-11-22)14-19-5-2-12-24-19/h2,5-7,12-13H,1,3-4,8-11,14-15H2. The number of carbonyl (C=O) groups excluding carboxylic acids is 1. The molecule has 5 heteroatoms. The van der Waals surface area contributed by atoms with Gasteiger partial charge >= 0.3 is 0 Å². The SMILES string of the molecule is O=C(CSc1ccc2c(c1)CCC2)N1CCN(Cc2cccs2)CC1. The molecule has 2 aliphatic rings. The molecule has 1 fully saturated rings. The molecule has 1 amide bonds. The molecule has 0 N–H and O–H groups in total. The molecule has 0 atom stereocenters. The van der Waals surface area contributed by atoms with E-state index in [4.69, 9.17) is 0 Å². The van der Waals surface area contributed by atoms with Crippen LogP contribution >= 0.6 is 23.1 Å². The summed E-state index contributed by atoms with van der Waals surface area (Å²) in [5.41, 5.74) is 2.98. The van der Waals surface area contributed by atoms with Gasteiger partial charge in [0.25, 0.3) is 0 Å². The number of aryl methyl sites for hydroxylation is 2. The van der Waals surface area contributed by atoms with Gasteiger partial charge in [-0.05, 0) is 54.0 Å². The maximum atomic E-state index is 12.5. The number of fused-ring (bicyclic) bond motifs is 1. The van der Waals surface area contributed by atoms with Crippen LogP contribution in [-0.2, 0) is 24.2 Å². The number of piperazine rings is 1. The van der Waals surface area contributed by atoms with Crippen molar-refractivity contribution in [3.8, 4) is 0 Å². The van der Waals surface area contributed by atoms with Gasteiger partial charge in [-0.2, -0.15) is 0 Å². The zero-order chi connectivity index (χ0) is 17.1. The maximum absolute atomic E-state index is 12.5. The molecule has 0 saturated carbocycles. The van der Waals surface area contributed by atoms with Crippen LogP contribution in [0.4, 0.5) is 0 Å². The normalized spacial score (nSPS) is 17.7. The van der Waals surface area contributed by atoms with Crippen LogP contribution in [0, 0.1) is 0 Å². The molecule has 1 aliphatic heterocycles. The number of hydrogen-bond acceptors (Lipinski definition) is 4. The minimum absolute atomic E-state index is 0.279. The highest BCUT2D eigenvalue weighted by Crippen LogP contribution is 2.27. The molecule has 1 aromatic heterocycles. The van der Waals surface area contributed by atoms with Crippen LogP contribution in [0.5, 0.6) is 0 Å². The zero-order valence-corrected chi connectivity index (χ0v) is 16.1. The lowest BCUT2D eigenvalue weighted by atomic mass is 10.1. The van der Waals surface area contributed by atoms with Crippen molar-refractivity contribution in [1.29, 1.82) is 0 Å². The fourth-order valence-corrected chi connectivity index (χ4v) is 5.26. The smallest absolute Gasteiger partial charge is 0.233 e. The topological polar surface area (TPSA) is 23.6 Å². The lowest BCUT2D eigenvalue weighted by Gasteiger charge is -2.34. The molecule has 1 aliphatic carbocycles. The molecule has 132 valence electrons. The van der Waals surface area contributed by atoms with Crippen LogP contribution in [0.15, 0.2) is 40.6 Å². The van der Waals surface area contributed by atoms with Crippen molar-refractivity contribution < 1.29 is 4.79 Å². The van der Waals surface area contributed by atoms with Gasteiger partial charge in [-0.15, -0.1) is 23.1 Å². The highest BCUT2D eigenvalue weighted by molar-refractivity contribution is 8.00. The van der Waals surface area contributed by atoms with Crippen molar-refractivity contribution in [2.24, 2.45) is 0 Å². The van der Waals surface area contributed by atoms with Gasteiger partial charge in [0, 0.05) is 42.5 Å². The molecule has 3 nitrogen and oxygen atoms in total. The van der Waals surface area contributed by atoms with Crippen LogP contribution in [0.3, 0.4) is 0 Å². The summed E-state index contributed by atoms with van der Waals surface area (Å²) in [4.78, 5) is 19.6. The number of thioether (sulfide) groups is 1. The molecule has 2 heterocycles. The first-order valence-electron chi connectivity index (χ1n) is 9.05. The van der Waals surface area contributed by atoms with Gasteiger partial charge in [0.1, 0.15) is 0 Å². The van der Waals surface area contributed by atoms with E-state index in [1.807, 2.05) is 16.2 Å². The average molecular weight is 373 g/mol. The molecule has 0 spiro atoms. The van der Waals surface area contributed by atoms with Crippen LogP contribution in [-0.4, -0.2) is 47.6 Å². The Morgan fingerprint density at radius 3 is 2.72 bits per heavy atom. The molecule has 0 radical (unpaired) electrons. The summed E-state index contributed by atoms with van der Waals surface area (Å²) in [5.74, 6) is 0.838. The number of thiophene rings is 1. The largest absolute Gasteiger partial charge is 0.339 e. The van der Waals surface area contributed by atoms with Gasteiger partial charge in [0.2, 0.25) is 5.91 Å². The molecular formula is C20H24N2OS2. The molecule has 25 heavy (non-hydrogen) atoms. The fraction of sp³-hybridized carbons (Fsp3) is 0.450. The van der Waals surface area contributed by atoms with Crippen LogP contribution in [0.2, 0.25) is 0 Å². The number of carbonyl (C=O) groups is 1. The Morgan fingerprint density at radius 1 is 1.08 bits per heavy atom. The Hall–Kier alpha value is -1.30. The third-order valence-corrected chi connectivity index (χ3v) is 6.96. The molecule has 0 unspecified atom stereocenters. The van der Waals surface area contributed by atoms with Gasteiger partial charge in [-0.25, -0.2) is 0 Å². The second-order valence-corrected chi connectivity index (χ2v) is 8.89. The van der Waals surface area contributed by atoms with Crippen molar-refractivity contribution >= 4 is 29.0 Å². The van der Waals surface area contributed by atoms with E-state index in [0.717, 1.165) is 32.7 Å². The highest BCUT2D eigenvalue weighted by atomic mass is 32.2. The Labute approximate surface area is 158 Å². The number of amides is 1. The monoisotopic (exact) mass is 372 g/mol. The summed E-state index contributed by atoms with van der Waals surface area (Å²) in [6, 6.07) is 11.0. The van der Waals surface area contributed by atoms with E-state index in [-0.39, 0.29) is 5.91 Å². The number of hydrogen-bond donors (Lipinski definition) is 0. The molecule has 1 aromatic carbocycles. The van der Waals surface area contributed by atoms with Crippen molar-refractivity contribution in [3.63, 3.8) is 0 Å². The Morgan fingerprint density at radius 2 is 1.92 bits per heavy atom. The summed E-state index contributed by atoms with van der Waals surface area (Å²) in [6.45, 7) is 4.69. The summed E-state index contributed by atoms with van der Waals surface area (Å²) in [6.07, 6.45) is 3.69. The predicted octanol–water partition coefficient (Wildman–Crippen LogP) is 3.67. The lowest BCUT2D eigenvalue weighted by Crippen LogP contribution is -2.48. The van der Waals surface area contributed by atoms with Crippen LogP contribution < -0.4 is 0 Å². The summed E-state index contributed by atoms with van der Waals surface area (Å²) in [7, 11) is 0. The van der Waals surface area contributed by atoms with E-state index in [1.165, 1.54) is 40.2 Å². The number of benzene rings is 1. The third kappa shape index (κ3) is 4.27. The minimum Gasteiger partial charge on any atom is -0.339 e. The molecule has 2 aromatic rings. The van der Waals surface area contributed by atoms with Gasteiger partial charge in [0.05, 0.1) is 5.75 Å². The molecule has 1 saturated heterocycles. The quantitative estimate of drug-likeness (QED) is 0.748. The molecular weight excluding hydrogens is 348 g/mol. The summed E-state index contributed by atoms with van der Waals surface area (Å²) < 4.78 is 0. The number of rotatable bonds is 5. The first kappa shape index (κ1) is 17.1. The van der Waals surface area contributed by atoms with Crippen molar-refractivity contribution in [3.05, 3.63) is 51.7 Å². The van der Waals surface area contributed by atoms with Crippen molar-refractivity contribution in [2.45, 2.75) is 30.7 Å². The predicted molar refractivity (Wildman–Crippen MR) is 105 cm³/mol. The second-order valence-electron chi connectivity index (χ2n) is 6.81. The average Bonchev–Trinajstić information content (AvgIpc) is 3.31. The Bertz CT molecular complexity index is 721. The zero-order valence-electron chi connectivity index (χ0n) is 14.4. The van der Waals surface area contributed by atoms with E-state index in [0.29, 0.717) is 5.75 Å². The lowest BCUT2D eigenvalue weighted by molar-refractivity contribution is -0.130. The van der Waals surface area contributed by atoms with Crippen LogP contribution in [0.1, 0.15) is 22.4 Å². The minimum atomic E-state index is 0.279. The molecule has 0 bridgehead atoms. The number of nitrogens with zero attached hydrogens (tertiary/aromatic N) is 2. The Balaban J connectivity index is 1.24. The van der Waals surface area contributed by atoms with Gasteiger partial charge in [0.15, 0.2) is 0 Å². The van der Waals surface area contributed by atoms with Crippen molar-refractivity contribution in [1.82, 2.24) is 9.80 Å². The van der Waals surface area contributed by atoms with Gasteiger partial charge in [-0.1, -0.05) is 12.1 Å². The first-order valence-corrected chi connectivity index (χ1v) is 10.9. The van der Waals surface area contributed by atoms with Gasteiger partial charge in [-0.3, -0.25) is 9.69 Å². The second kappa shape index (κ2) is 7.94. The maximum Gasteiger partial charge on any atom is 0.233 e. The molecule has 4 rings (SSSR count). The first-order chi connectivity index (χ1) is 12.3. The summed E-state index contributed by atoms with van der Waals surface area (Å²) >= 11 is 3.50. The summed E-state index contributed by atoms with van der Waals surface area (Å²) in [5, 5.41) is 2.13. The Kier molecular flexibility index (Phi) is 5.44. The van der Waals surface area contributed by atoms with E-state index in [2.05, 4.69) is 40.6 Å². The highest BCUT2D eigenvalue weighted by Gasteiger charge is 2.21. The van der Waals surface area contributed by atoms with Gasteiger partial charge < -0.3 is 4.90 Å². The van der Waals surface area contributed by atoms with Crippen LogP contribution in [0.25, 0.3) is 0 Å². The van der Waals surface area contributed by atoms with E-state index in [9.17, 15) is 4.79 Å². The van der Waals surface area contributed by atoms with E-state index >= 15 is 0 Å². The van der Waals surface area contributed by atoms with Crippen molar-refractivity contribution in [2.75, 3.05) is 31.9 Å².